The van der Waals surface area contributed by atoms with Gasteiger partial charge in [0.1, 0.15) is 13.0 Å². The smallest absolute Gasteiger partial charge is 0.248 e. The third-order valence-electron chi connectivity index (χ3n) is 2.33. The van der Waals surface area contributed by atoms with E-state index >= 15 is 0 Å². The van der Waals surface area contributed by atoms with Crippen LogP contribution in [0.4, 0.5) is 0 Å². The van der Waals surface area contributed by atoms with Gasteiger partial charge in [-0.3, -0.25) is 14.4 Å². The summed E-state index contributed by atoms with van der Waals surface area (Å²) >= 11 is 0. The molecule has 0 aromatic carbocycles. The molecule has 0 aliphatic carbocycles. The second-order valence-corrected chi connectivity index (χ2v) is 3.61. The summed E-state index contributed by atoms with van der Waals surface area (Å²) in [5, 5.41) is 12.0. The molecule has 0 saturated carbocycles. The molecule has 0 fully saturated rings. The van der Waals surface area contributed by atoms with E-state index in [0.717, 1.165) is 0 Å². The van der Waals surface area contributed by atoms with Crippen LogP contribution in [-0.4, -0.2) is 54.4 Å². The summed E-state index contributed by atoms with van der Waals surface area (Å²) in [7, 11) is 0. The fourth-order valence-electron chi connectivity index (χ4n) is 1.44. The van der Waals surface area contributed by atoms with Crippen LogP contribution in [0.1, 0.15) is 6.42 Å². The van der Waals surface area contributed by atoms with Crippen LogP contribution in [0.15, 0.2) is 12.2 Å². The normalized spacial score (nSPS) is 18.4. The van der Waals surface area contributed by atoms with E-state index in [1.54, 1.807) is 0 Å². The first kappa shape index (κ1) is 14.6. The molecule has 1 heterocycles. The number of carbonyl (C=O) groups excluding carboxylic acids is 2. The van der Waals surface area contributed by atoms with E-state index in [2.05, 4.69) is 15.6 Å². The standard InChI is InChI=1S/C10H18N4O4/c11-7-18-13-5-4-12-8(15)3-6-14-9(16)1-2-10(14)17/h1-2,9,13,16H,3-7,11H2,(H,12,15). The van der Waals surface area contributed by atoms with Gasteiger partial charge in [-0.2, -0.15) is 5.48 Å². The van der Waals surface area contributed by atoms with Crippen LogP contribution in [-0.2, 0) is 14.4 Å². The Bertz CT molecular complexity index is 321. The average molecular weight is 258 g/mol. The van der Waals surface area contributed by atoms with Gasteiger partial charge in [0.15, 0.2) is 0 Å². The highest BCUT2D eigenvalue weighted by Crippen LogP contribution is 2.08. The third kappa shape index (κ3) is 4.80. The summed E-state index contributed by atoms with van der Waals surface area (Å²) in [5.74, 6) is -0.482. The van der Waals surface area contributed by atoms with Gasteiger partial charge >= 0.3 is 0 Å². The first-order chi connectivity index (χ1) is 8.65. The third-order valence-corrected chi connectivity index (χ3v) is 2.33. The molecule has 1 aliphatic rings. The van der Waals surface area contributed by atoms with Crippen LogP contribution in [0.3, 0.4) is 0 Å². The van der Waals surface area contributed by atoms with E-state index in [1.807, 2.05) is 0 Å². The van der Waals surface area contributed by atoms with Gasteiger partial charge in [-0.25, -0.2) is 0 Å². The molecule has 0 radical (unpaired) electrons. The molecule has 1 atom stereocenters. The molecule has 1 aliphatic heterocycles. The lowest BCUT2D eigenvalue weighted by atomic mass is 10.3. The molecular formula is C10H18N4O4. The Morgan fingerprint density at radius 3 is 2.94 bits per heavy atom. The minimum atomic E-state index is -0.926. The maximum Gasteiger partial charge on any atom is 0.248 e. The van der Waals surface area contributed by atoms with Crippen LogP contribution in [0.25, 0.3) is 0 Å². The van der Waals surface area contributed by atoms with Crippen molar-refractivity contribution in [1.82, 2.24) is 15.7 Å². The summed E-state index contributed by atoms with van der Waals surface area (Å²) in [4.78, 5) is 28.5. The van der Waals surface area contributed by atoms with E-state index in [4.69, 9.17) is 5.73 Å². The summed E-state index contributed by atoms with van der Waals surface area (Å²) in [6.07, 6.45) is 1.89. The zero-order valence-electron chi connectivity index (χ0n) is 9.96. The Kier molecular flexibility index (Phi) is 6.29. The summed E-state index contributed by atoms with van der Waals surface area (Å²) in [6, 6.07) is 0. The fourth-order valence-corrected chi connectivity index (χ4v) is 1.44. The quantitative estimate of drug-likeness (QED) is 0.220. The van der Waals surface area contributed by atoms with Crippen molar-refractivity contribution in [3.63, 3.8) is 0 Å². The van der Waals surface area contributed by atoms with Gasteiger partial charge < -0.3 is 21.1 Å². The van der Waals surface area contributed by atoms with Crippen LogP contribution in [0.5, 0.6) is 0 Å². The second-order valence-electron chi connectivity index (χ2n) is 3.61. The Hall–Kier alpha value is -1.48. The molecule has 0 saturated heterocycles. The van der Waals surface area contributed by atoms with Gasteiger partial charge in [0.2, 0.25) is 11.8 Å². The molecule has 8 heteroatoms. The number of carbonyl (C=O) groups is 2. The van der Waals surface area contributed by atoms with E-state index in [1.165, 1.54) is 17.1 Å². The van der Waals surface area contributed by atoms with Crippen molar-refractivity contribution >= 4 is 11.8 Å². The average Bonchev–Trinajstić information content (AvgIpc) is 2.66. The number of aliphatic hydroxyl groups excluding tert-OH is 1. The van der Waals surface area contributed by atoms with Gasteiger partial charge in [-0.05, 0) is 6.08 Å². The van der Waals surface area contributed by atoms with Crippen LogP contribution >= 0.6 is 0 Å². The highest BCUT2D eigenvalue weighted by atomic mass is 16.6. The zero-order chi connectivity index (χ0) is 13.4. The van der Waals surface area contributed by atoms with Crippen molar-refractivity contribution in [3.8, 4) is 0 Å². The number of rotatable bonds is 8. The topological polar surface area (TPSA) is 117 Å². The van der Waals surface area contributed by atoms with Crippen molar-refractivity contribution in [2.24, 2.45) is 5.73 Å². The van der Waals surface area contributed by atoms with Crippen molar-refractivity contribution in [2.75, 3.05) is 26.4 Å². The minimum absolute atomic E-state index is 0.0654. The molecule has 5 N–H and O–H groups in total. The molecule has 102 valence electrons. The van der Waals surface area contributed by atoms with E-state index in [-0.39, 0.29) is 31.5 Å². The number of amides is 2. The molecule has 8 nitrogen and oxygen atoms in total. The molecule has 0 bridgehead atoms. The molecular weight excluding hydrogens is 240 g/mol. The highest BCUT2D eigenvalue weighted by Gasteiger charge is 2.23. The monoisotopic (exact) mass is 258 g/mol. The first-order valence-corrected chi connectivity index (χ1v) is 5.63. The lowest BCUT2D eigenvalue weighted by Gasteiger charge is -2.19. The zero-order valence-corrected chi connectivity index (χ0v) is 9.96. The van der Waals surface area contributed by atoms with Crippen LogP contribution in [0.2, 0.25) is 0 Å². The van der Waals surface area contributed by atoms with E-state index < -0.39 is 6.23 Å². The number of hydrogen-bond donors (Lipinski definition) is 4. The summed E-state index contributed by atoms with van der Waals surface area (Å²) in [6.45, 7) is 1.09. The van der Waals surface area contributed by atoms with E-state index in [0.29, 0.717) is 13.1 Å². The number of nitrogens with one attached hydrogen (secondary N) is 2. The second kappa shape index (κ2) is 7.77. The maximum absolute atomic E-state index is 11.4. The van der Waals surface area contributed by atoms with Gasteiger partial charge in [-0.1, -0.05) is 0 Å². The van der Waals surface area contributed by atoms with Gasteiger partial charge in [0.25, 0.3) is 0 Å². The largest absolute Gasteiger partial charge is 0.370 e. The molecule has 1 rings (SSSR count). The fraction of sp³-hybridized carbons (Fsp3) is 0.600. The molecule has 18 heavy (non-hydrogen) atoms. The number of nitrogens with zero attached hydrogens (tertiary/aromatic N) is 1. The predicted octanol–water partition coefficient (Wildman–Crippen LogP) is -2.35. The molecule has 0 spiro atoms. The first-order valence-electron chi connectivity index (χ1n) is 5.63. The van der Waals surface area contributed by atoms with Crippen molar-refractivity contribution in [2.45, 2.75) is 12.6 Å². The SMILES string of the molecule is NCONCCNC(=O)CCN1C(=O)C=CC1O. The molecule has 0 aromatic rings. The number of hydrogen-bond acceptors (Lipinski definition) is 6. The number of hydroxylamine groups is 1. The summed E-state index contributed by atoms with van der Waals surface area (Å²) < 4.78 is 0. The predicted molar refractivity (Wildman–Crippen MR) is 62.6 cm³/mol. The lowest BCUT2D eigenvalue weighted by molar-refractivity contribution is -0.131. The van der Waals surface area contributed by atoms with Crippen molar-refractivity contribution < 1.29 is 19.5 Å². The number of nitrogens with two attached hydrogens (primary N) is 1. The lowest BCUT2D eigenvalue weighted by Crippen LogP contribution is -2.38. The van der Waals surface area contributed by atoms with Gasteiger partial charge in [0, 0.05) is 32.1 Å². The molecule has 2 amide bonds. The van der Waals surface area contributed by atoms with Crippen molar-refractivity contribution in [3.05, 3.63) is 12.2 Å². The molecule has 1 unspecified atom stereocenters. The highest BCUT2D eigenvalue weighted by molar-refractivity contribution is 5.90. The summed E-state index contributed by atoms with van der Waals surface area (Å²) in [5.41, 5.74) is 7.62. The Balaban J connectivity index is 2.08. The van der Waals surface area contributed by atoms with E-state index in [9.17, 15) is 14.7 Å². The van der Waals surface area contributed by atoms with Gasteiger partial charge in [-0.15, -0.1) is 0 Å². The maximum atomic E-state index is 11.4. The Labute approximate surface area is 105 Å². The van der Waals surface area contributed by atoms with Gasteiger partial charge in [0.05, 0.1) is 0 Å². The van der Waals surface area contributed by atoms with Crippen LogP contribution < -0.4 is 16.5 Å². The Morgan fingerprint density at radius 1 is 1.56 bits per heavy atom. The number of aliphatic hydroxyl groups is 1. The van der Waals surface area contributed by atoms with Crippen LogP contribution in [0, 0.1) is 0 Å². The molecule has 0 aromatic heterocycles. The Morgan fingerprint density at radius 2 is 2.33 bits per heavy atom. The minimum Gasteiger partial charge on any atom is -0.370 e. The van der Waals surface area contributed by atoms with Crippen molar-refractivity contribution in [1.29, 1.82) is 0 Å².